The maximum Gasteiger partial charge on any atom is 0.573 e. The number of carbonyl (C=O) groups is 1. The lowest BCUT2D eigenvalue weighted by molar-refractivity contribution is -0.274. The fraction of sp³-hybridized carbons (Fsp3) is 0.300. The topological polar surface area (TPSA) is 139 Å². The number of aromatic nitrogens is 2. The van der Waals surface area contributed by atoms with Crippen LogP contribution in [0.2, 0.25) is 0 Å². The highest BCUT2D eigenvalue weighted by atomic mass is 32.2. The van der Waals surface area contributed by atoms with Gasteiger partial charge in [0, 0.05) is 38.2 Å². The van der Waals surface area contributed by atoms with Crippen molar-refractivity contribution in [3.05, 3.63) is 90.1 Å². The van der Waals surface area contributed by atoms with E-state index in [1.54, 1.807) is 35.2 Å². The maximum absolute atomic E-state index is 13.1. The van der Waals surface area contributed by atoms with Crippen molar-refractivity contribution in [1.82, 2.24) is 14.3 Å². The van der Waals surface area contributed by atoms with Gasteiger partial charge in [-0.15, -0.1) is 13.2 Å². The van der Waals surface area contributed by atoms with Gasteiger partial charge >= 0.3 is 12.3 Å². The Morgan fingerprint density at radius 2 is 1.61 bits per heavy atom. The van der Waals surface area contributed by atoms with E-state index in [0.29, 0.717) is 23.4 Å². The van der Waals surface area contributed by atoms with Crippen LogP contribution in [-0.2, 0) is 27.3 Å². The second kappa shape index (κ2) is 13.9. The molecule has 1 aromatic heterocycles. The molecule has 1 atom stereocenters. The minimum Gasteiger partial charge on any atom is -0.480 e. The van der Waals surface area contributed by atoms with E-state index in [0.717, 1.165) is 34.1 Å². The van der Waals surface area contributed by atoms with Crippen molar-refractivity contribution in [3.63, 3.8) is 0 Å². The number of nitrogens with two attached hydrogens (primary N) is 1. The number of rotatable bonds is 8. The van der Waals surface area contributed by atoms with Gasteiger partial charge in [0.1, 0.15) is 17.6 Å². The normalized spacial score (nSPS) is 16.1. The molecule has 1 fully saturated rings. The van der Waals surface area contributed by atoms with Gasteiger partial charge in [0.2, 0.25) is 10.0 Å². The molecule has 0 spiro atoms. The molecule has 2 heterocycles. The lowest BCUT2D eigenvalue weighted by Gasteiger charge is -2.38. The second-order valence-corrected chi connectivity index (χ2v) is 12.0. The first-order valence-electron chi connectivity index (χ1n) is 13.9. The van der Waals surface area contributed by atoms with E-state index in [2.05, 4.69) is 14.7 Å². The van der Waals surface area contributed by atoms with Crippen molar-refractivity contribution >= 4 is 32.8 Å². The van der Waals surface area contributed by atoms with E-state index in [1.165, 1.54) is 25.3 Å². The third kappa shape index (κ3) is 8.24. The molecule has 0 bridgehead atoms. The van der Waals surface area contributed by atoms with Crippen LogP contribution in [0.25, 0.3) is 11.0 Å². The quantitative estimate of drug-likeness (QED) is 0.245. The number of carboxylic acids is 1. The maximum atomic E-state index is 13.1. The van der Waals surface area contributed by atoms with Crippen LogP contribution in [0.15, 0.2) is 83.9 Å². The molecule has 16 heteroatoms. The number of alkyl halides is 5. The zero-order valence-corrected chi connectivity index (χ0v) is 25.2. The molecule has 0 saturated carbocycles. The molecule has 1 aliphatic heterocycles. The van der Waals surface area contributed by atoms with Gasteiger partial charge in [-0.1, -0.05) is 43.3 Å². The molecule has 3 aromatic carbocycles. The molecule has 1 saturated heterocycles. The summed E-state index contributed by atoms with van der Waals surface area (Å²) in [5.74, 6) is -4.26. The third-order valence-electron chi connectivity index (χ3n) is 7.10. The predicted molar refractivity (Wildman–Crippen MR) is 159 cm³/mol. The predicted octanol–water partition coefficient (Wildman–Crippen LogP) is 5.14. The minimum atomic E-state index is -4.92. The number of carboxylic acid groups (broad SMARTS) is 1. The molecule has 46 heavy (non-hydrogen) atoms. The Balaban J connectivity index is 0.000000310. The SMILES string of the molecule is CCC(F)(F)c1ccc(CN)cc1.O=C(O)[C@H]1CN(c2cnc3ccccc3n2)CCN1S(=O)(=O)c1ccc(OC(F)(F)F)cc1. The summed E-state index contributed by atoms with van der Waals surface area (Å²) in [6, 6.07) is 15.4. The largest absolute Gasteiger partial charge is 0.573 e. The molecule has 0 amide bonds. The van der Waals surface area contributed by atoms with Crippen LogP contribution < -0.4 is 15.4 Å². The number of ether oxygens (including phenoxy) is 1. The number of piperazine rings is 1. The summed E-state index contributed by atoms with van der Waals surface area (Å²) in [6.07, 6.45) is -3.60. The second-order valence-electron chi connectivity index (χ2n) is 10.1. The molecular weight excluding hydrogens is 637 g/mol. The van der Waals surface area contributed by atoms with Gasteiger partial charge in [-0.3, -0.25) is 9.78 Å². The number of nitrogens with zero attached hydrogens (tertiary/aromatic N) is 4. The first-order chi connectivity index (χ1) is 21.6. The Morgan fingerprint density at radius 3 is 2.17 bits per heavy atom. The Bertz CT molecular complexity index is 1760. The standard InChI is InChI=1S/C20H17F3N4O5S.C10H13F2N/c21-20(22,23)32-13-5-7-14(8-6-13)33(30,31)27-10-9-26(12-17(27)19(28)29)18-11-24-15-3-1-2-4-16(15)25-18;1-2-10(11,12)9-5-3-8(7-13)4-6-9/h1-8,11,17H,9-10,12H2,(H,28,29);3-6H,2,7,13H2,1H3/t17-;/m1./s1. The summed E-state index contributed by atoms with van der Waals surface area (Å²) < 4.78 is 93.9. The lowest BCUT2D eigenvalue weighted by Crippen LogP contribution is -2.58. The Hall–Kier alpha value is -4.41. The molecule has 246 valence electrons. The van der Waals surface area contributed by atoms with E-state index >= 15 is 0 Å². The van der Waals surface area contributed by atoms with E-state index in [4.69, 9.17) is 5.73 Å². The van der Waals surface area contributed by atoms with E-state index in [-0.39, 0.29) is 36.5 Å². The third-order valence-corrected chi connectivity index (χ3v) is 9.02. The van der Waals surface area contributed by atoms with Gasteiger partial charge < -0.3 is 20.5 Å². The van der Waals surface area contributed by atoms with E-state index < -0.39 is 40.1 Å². The van der Waals surface area contributed by atoms with Crippen LogP contribution in [0.3, 0.4) is 0 Å². The van der Waals surface area contributed by atoms with Gasteiger partial charge in [-0.2, -0.15) is 4.31 Å². The zero-order chi connectivity index (χ0) is 33.7. The Kier molecular flexibility index (Phi) is 10.4. The van der Waals surface area contributed by atoms with Crippen molar-refractivity contribution < 1.29 is 45.0 Å². The van der Waals surface area contributed by atoms with Crippen molar-refractivity contribution in [1.29, 1.82) is 0 Å². The summed E-state index contributed by atoms with van der Waals surface area (Å²) in [5.41, 5.74) is 7.56. The summed E-state index contributed by atoms with van der Waals surface area (Å²) in [5, 5.41) is 9.71. The number of benzene rings is 3. The van der Waals surface area contributed by atoms with Gasteiger partial charge in [0.05, 0.1) is 22.1 Å². The van der Waals surface area contributed by atoms with Crippen LogP contribution in [0.5, 0.6) is 5.75 Å². The zero-order valence-electron chi connectivity index (χ0n) is 24.4. The van der Waals surface area contributed by atoms with Gasteiger partial charge in [0.15, 0.2) is 0 Å². The molecule has 10 nitrogen and oxygen atoms in total. The number of aliphatic carboxylic acids is 1. The van der Waals surface area contributed by atoms with Crippen LogP contribution in [-0.4, -0.2) is 65.8 Å². The van der Waals surface area contributed by atoms with Gasteiger partial charge in [0.25, 0.3) is 5.92 Å². The summed E-state index contributed by atoms with van der Waals surface area (Å²) >= 11 is 0. The summed E-state index contributed by atoms with van der Waals surface area (Å²) in [4.78, 5) is 22.0. The highest BCUT2D eigenvalue weighted by molar-refractivity contribution is 7.89. The molecule has 5 rings (SSSR count). The molecule has 3 N–H and O–H groups in total. The average Bonchev–Trinajstić information content (AvgIpc) is 3.04. The van der Waals surface area contributed by atoms with Crippen molar-refractivity contribution in [3.8, 4) is 5.75 Å². The first kappa shape index (κ1) is 34.5. The average molecular weight is 668 g/mol. The number of hydrogen-bond acceptors (Lipinski definition) is 8. The highest BCUT2D eigenvalue weighted by Gasteiger charge is 2.41. The molecule has 0 radical (unpaired) electrons. The molecule has 0 aliphatic carbocycles. The number of hydrogen-bond donors (Lipinski definition) is 2. The van der Waals surface area contributed by atoms with Crippen molar-refractivity contribution in [2.45, 2.75) is 43.1 Å². The van der Waals surface area contributed by atoms with E-state index in [9.17, 15) is 40.3 Å². The summed E-state index contributed by atoms with van der Waals surface area (Å²) in [7, 11) is -4.30. The minimum absolute atomic E-state index is 0.0622. The number of halogens is 5. The number of anilines is 1. The fourth-order valence-corrected chi connectivity index (χ4v) is 6.17. The van der Waals surface area contributed by atoms with Crippen LogP contribution in [0.1, 0.15) is 24.5 Å². The lowest BCUT2D eigenvalue weighted by atomic mass is 10.0. The number of sulfonamides is 1. The van der Waals surface area contributed by atoms with Gasteiger partial charge in [-0.25, -0.2) is 22.2 Å². The van der Waals surface area contributed by atoms with Crippen LogP contribution in [0.4, 0.5) is 27.8 Å². The molecule has 0 unspecified atom stereocenters. The smallest absolute Gasteiger partial charge is 0.480 e. The Labute approximate surface area is 261 Å². The first-order valence-corrected chi connectivity index (χ1v) is 15.3. The summed E-state index contributed by atoms with van der Waals surface area (Å²) in [6.45, 7) is 1.64. The monoisotopic (exact) mass is 667 g/mol. The number of para-hydroxylation sites is 2. The van der Waals surface area contributed by atoms with E-state index in [1.807, 2.05) is 6.07 Å². The van der Waals surface area contributed by atoms with Crippen molar-refractivity contribution in [2.24, 2.45) is 5.73 Å². The van der Waals surface area contributed by atoms with Crippen molar-refractivity contribution in [2.75, 3.05) is 24.5 Å². The molecule has 1 aliphatic rings. The molecule has 4 aromatic rings. The van der Waals surface area contributed by atoms with Crippen LogP contribution >= 0.6 is 0 Å². The van der Waals surface area contributed by atoms with Gasteiger partial charge in [-0.05, 0) is 42.0 Å². The fourth-order valence-electron chi connectivity index (χ4n) is 4.60. The number of fused-ring (bicyclic) bond motifs is 1. The van der Waals surface area contributed by atoms with Crippen LogP contribution in [0, 0.1) is 0 Å². The Morgan fingerprint density at radius 1 is 0.978 bits per heavy atom. The molecular formula is C30H30F5N5O5S. The highest BCUT2D eigenvalue weighted by Crippen LogP contribution is 2.31.